The largest absolute Gasteiger partial charge is 0.269 e. The summed E-state index contributed by atoms with van der Waals surface area (Å²) in [6.07, 6.45) is 0. The molecule has 0 heterocycles. The zero-order valence-corrected chi connectivity index (χ0v) is 7.79. The summed E-state index contributed by atoms with van der Waals surface area (Å²) in [4.78, 5) is 0. The Morgan fingerprint density at radius 1 is 0.923 bits per heavy atom. The number of halogens is 2. The van der Waals surface area contributed by atoms with Crippen LogP contribution >= 0.6 is 11.6 Å². The second-order valence-electron chi connectivity index (χ2n) is 2.77. The Morgan fingerprint density at radius 2 is 1.62 bits per heavy atom. The van der Waals surface area contributed by atoms with E-state index in [4.69, 9.17) is 11.6 Å². The van der Waals surface area contributed by atoms with Crippen LogP contribution in [0.15, 0.2) is 42.5 Å². The van der Waals surface area contributed by atoms with E-state index in [1.807, 2.05) is 18.2 Å². The maximum atomic E-state index is 5.81. The second kappa shape index (κ2) is 4.24. The van der Waals surface area contributed by atoms with Crippen molar-refractivity contribution >= 4 is 22.4 Å². The molecule has 2 aromatic carbocycles. The maximum absolute atomic E-state index is 5.81. The number of benzene rings is 2. The molecule has 2 heteroatoms. The zero-order valence-electron chi connectivity index (χ0n) is 7.03. The van der Waals surface area contributed by atoms with Gasteiger partial charge in [-0.05, 0) is 16.3 Å². The fourth-order valence-electron chi connectivity index (χ4n) is 1.41. The summed E-state index contributed by atoms with van der Waals surface area (Å²) in [6, 6.07) is 14.5. The first-order chi connectivity index (χ1) is 5.92. The van der Waals surface area contributed by atoms with Gasteiger partial charge >= 0.3 is 0 Å². The third kappa shape index (κ3) is 1.81. The second-order valence-corrected chi connectivity index (χ2v) is 3.04. The Labute approximate surface area is 81.5 Å². The van der Waals surface area contributed by atoms with Gasteiger partial charge in [-0.3, -0.25) is 4.70 Å². The molecular weight excluding hydrogens is 187 g/mol. The van der Waals surface area contributed by atoms with Crippen LogP contribution < -0.4 is 0 Å². The highest BCUT2D eigenvalue weighted by Crippen LogP contribution is 2.19. The minimum Gasteiger partial charge on any atom is -0.269 e. The number of hydrogen-bond acceptors (Lipinski definition) is 0. The topological polar surface area (TPSA) is 0 Å². The minimum absolute atomic E-state index is 0. The lowest BCUT2D eigenvalue weighted by atomic mass is 10.1. The summed E-state index contributed by atoms with van der Waals surface area (Å²) >= 11 is 5.81. The predicted octanol–water partition coefficient (Wildman–Crippen LogP) is 3.73. The SMILES string of the molecule is ClCc1cccc2ccccc12.F. The van der Waals surface area contributed by atoms with Gasteiger partial charge in [0.05, 0.1) is 0 Å². The van der Waals surface area contributed by atoms with Gasteiger partial charge in [-0.15, -0.1) is 11.6 Å². The van der Waals surface area contributed by atoms with Crippen LogP contribution in [0.25, 0.3) is 10.8 Å². The molecule has 0 nitrogen and oxygen atoms in total. The van der Waals surface area contributed by atoms with Crippen LogP contribution in [-0.2, 0) is 5.88 Å². The molecule has 0 saturated carbocycles. The molecule has 0 aliphatic heterocycles. The van der Waals surface area contributed by atoms with E-state index in [-0.39, 0.29) is 4.70 Å². The number of hydrogen-bond donors (Lipinski definition) is 0. The van der Waals surface area contributed by atoms with E-state index in [1.54, 1.807) is 0 Å². The summed E-state index contributed by atoms with van der Waals surface area (Å²) < 4.78 is 0. The van der Waals surface area contributed by atoms with Gasteiger partial charge in [-0.25, -0.2) is 0 Å². The molecule has 0 unspecified atom stereocenters. The number of rotatable bonds is 1. The Hall–Kier alpha value is -1.08. The summed E-state index contributed by atoms with van der Waals surface area (Å²) in [6.45, 7) is 0. The fraction of sp³-hybridized carbons (Fsp3) is 0.0909. The highest BCUT2D eigenvalue weighted by atomic mass is 35.5. The molecule has 68 valence electrons. The van der Waals surface area contributed by atoms with Gasteiger partial charge in [0.15, 0.2) is 0 Å². The average Bonchev–Trinajstić information content (AvgIpc) is 2.17. The quantitative estimate of drug-likeness (QED) is 0.610. The lowest BCUT2D eigenvalue weighted by Crippen LogP contribution is -1.79. The van der Waals surface area contributed by atoms with Crippen LogP contribution in [0.5, 0.6) is 0 Å². The first-order valence-electron chi connectivity index (χ1n) is 3.94. The molecule has 13 heavy (non-hydrogen) atoms. The third-order valence-corrected chi connectivity index (χ3v) is 2.31. The van der Waals surface area contributed by atoms with Crippen LogP contribution in [0.1, 0.15) is 5.56 Å². The molecule has 0 spiro atoms. The summed E-state index contributed by atoms with van der Waals surface area (Å²) in [7, 11) is 0. The van der Waals surface area contributed by atoms with E-state index in [0.29, 0.717) is 5.88 Å². The van der Waals surface area contributed by atoms with E-state index in [0.717, 1.165) is 0 Å². The van der Waals surface area contributed by atoms with Crippen molar-refractivity contribution in [1.82, 2.24) is 0 Å². The van der Waals surface area contributed by atoms with Crippen LogP contribution in [-0.4, -0.2) is 0 Å². The molecule has 0 fully saturated rings. The molecule has 0 saturated heterocycles. The van der Waals surface area contributed by atoms with Gasteiger partial charge in [0, 0.05) is 5.88 Å². The van der Waals surface area contributed by atoms with Crippen molar-refractivity contribution in [2.75, 3.05) is 0 Å². The van der Waals surface area contributed by atoms with Crippen molar-refractivity contribution in [2.24, 2.45) is 0 Å². The number of alkyl halides is 1. The molecular formula is C11H10ClF. The van der Waals surface area contributed by atoms with Crippen molar-refractivity contribution in [1.29, 1.82) is 0 Å². The van der Waals surface area contributed by atoms with Gasteiger partial charge < -0.3 is 0 Å². The minimum atomic E-state index is 0. The predicted molar refractivity (Wildman–Crippen MR) is 56.0 cm³/mol. The summed E-state index contributed by atoms with van der Waals surface area (Å²) in [5.74, 6) is 0.585. The lowest BCUT2D eigenvalue weighted by Gasteiger charge is -2.01. The van der Waals surface area contributed by atoms with Gasteiger partial charge in [-0.1, -0.05) is 42.5 Å². The Balaban J connectivity index is 0.000000845. The molecule has 0 amide bonds. The van der Waals surface area contributed by atoms with E-state index in [1.165, 1.54) is 16.3 Å². The van der Waals surface area contributed by atoms with Gasteiger partial charge in [0.2, 0.25) is 0 Å². The van der Waals surface area contributed by atoms with Crippen LogP contribution in [0.4, 0.5) is 4.70 Å². The van der Waals surface area contributed by atoms with Crippen molar-refractivity contribution < 1.29 is 4.70 Å². The van der Waals surface area contributed by atoms with Crippen molar-refractivity contribution in [2.45, 2.75) is 5.88 Å². The highest BCUT2D eigenvalue weighted by molar-refractivity contribution is 6.18. The molecule has 0 N–H and O–H groups in total. The normalized spacial score (nSPS) is 9.62. The molecule has 2 aromatic rings. The Morgan fingerprint density at radius 3 is 2.38 bits per heavy atom. The Bertz CT molecular complexity index is 393. The molecule has 0 radical (unpaired) electrons. The standard InChI is InChI=1S/C11H9Cl.FH/c12-8-10-6-3-5-9-4-1-2-7-11(9)10;/h1-7H,8H2;1H. The van der Waals surface area contributed by atoms with E-state index < -0.39 is 0 Å². The fourth-order valence-corrected chi connectivity index (χ4v) is 1.64. The van der Waals surface area contributed by atoms with Gasteiger partial charge in [0.25, 0.3) is 0 Å². The van der Waals surface area contributed by atoms with Crippen LogP contribution in [0.3, 0.4) is 0 Å². The molecule has 2 rings (SSSR count). The molecule has 0 bridgehead atoms. The zero-order chi connectivity index (χ0) is 8.39. The monoisotopic (exact) mass is 196 g/mol. The molecule has 0 aliphatic rings. The van der Waals surface area contributed by atoms with Crippen molar-refractivity contribution in [3.05, 3.63) is 48.0 Å². The van der Waals surface area contributed by atoms with Crippen LogP contribution in [0.2, 0.25) is 0 Å². The van der Waals surface area contributed by atoms with Crippen molar-refractivity contribution in [3.63, 3.8) is 0 Å². The highest BCUT2D eigenvalue weighted by Gasteiger charge is 1.96. The first kappa shape index (κ1) is 10.0. The first-order valence-corrected chi connectivity index (χ1v) is 4.48. The third-order valence-electron chi connectivity index (χ3n) is 2.02. The average molecular weight is 197 g/mol. The molecule has 0 aromatic heterocycles. The lowest BCUT2D eigenvalue weighted by molar-refractivity contribution is 1.11. The van der Waals surface area contributed by atoms with Gasteiger partial charge in [0.1, 0.15) is 0 Å². The van der Waals surface area contributed by atoms with E-state index in [2.05, 4.69) is 24.3 Å². The number of fused-ring (bicyclic) bond motifs is 1. The van der Waals surface area contributed by atoms with Gasteiger partial charge in [-0.2, -0.15) is 0 Å². The van der Waals surface area contributed by atoms with Crippen molar-refractivity contribution in [3.8, 4) is 0 Å². The summed E-state index contributed by atoms with van der Waals surface area (Å²) in [5.41, 5.74) is 1.20. The maximum Gasteiger partial charge on any atom is 0.0480 e. The Kier molecular flexibility index (Phi) is 3.26. The van der Waals surface area contributed by atoms with E-state index >= 15 is 0 Å². The summed E-state index contributed by atoms with van der Waals surface area (Å²) in [5, 5.41) is 2.52. The van der Waals surface area contributed by atoms with Crippen LogP contribution in [0, 0.1) is 0 Å². The smallest absolute Gasteiger partial charge is 0.0480 e. The molecule has 0 aliphatic carbocycles. The van der Waals surface area contributed by atoms with E-state index in [9.17, 15) is 0 Å². The molecule has 0 atom stereocenters.